The van der Waals surface area contributed by atoms with Gasteiger partial charge in [-0.25, -0.2) is 0 Å². The third-order valence-corrected chi connectivity index (χ3v) is 6.67. The molecular weight excluding hydrogens is 372 g/mol. The highest BCUT2D eigenvalue weighted by Gasteiger charge is 2.27. The number of aromatic amines is 1. The van der Waals surface area contributed by atoms with Crippen LogP contribution in [0.3, 0.4) is 0 Å². The van der Waals surface area contributed by atoms with Crippen LogP contribution in [0.5, 0.6) is 5.75 Å². The van der Waals surface area contributed by atoms with E-state index in [0.29, 0.717) is 18.2 Å². The number of aromatic nitrogens is 1. The Hall–Kier alpha value is -3.01. The summed E-state index contributed by atoms with van der Waals surface area (Å²) in [5.41, 5.74) is 6.49. The van der Waals surface area contributed by atoms with E-state index in [0.717, 1.165) is 50.0 Å². The number of H-pyrrole nitrogens is 1. The zero-order chi connectivity index (χ0) is 20.5. The lowest BCUT2D eigenvalue weighted by molar-refractivity contribution is -0.131. The number of fused-ring (bicyclic) bond motifs is 3. The number of ether oxygens (including phenoxy) is 1. The van der Waals surface area contributed by atoms with Crippen LogP contribution in [0.1, 0.15) is 36.1 Å². The summed E-state index contributed by atoms with van der Waals surface area (Å²) in [6.45, 7) is 1.55. The summed E-state index contributed by atoms with van der Waals surface area (Å²) in [5, 5.41) is 1.27. The zero-order valence-electron chi connectivity index (χ0n) is 17.5. The average molecular weight is 401 g/mol. The first kappa shape index (κ1) is 19.0. The van der Waals surface area contributed by atoms with Crippen LogP contribution >= 0.6 is 0 Å². The van der Waals surface area contributed by atoms with Gasteiger partial charge in [0.15, 0.2) is 0 Å². The molecule has 1 amide bonds. The van der Waals surface area contributed by atoms with Gasteiger partial charge in [-0.3, -0.25) is 4.79 Å². The molecule has 30 heavy (non-hydrogen) atoms. The number of rotatable bonds is 4. The van der Waals surface area contributed by atoms with Crippen LogP contribution < -0.4 is 4.74 Å². The van der Waals surface area contributed by atoms with Crippen molar-refractivity contribution in [2.24, 2.45) is 5.92 Å². The molecule has 0 bridgehead atoms. The van der Waals surface area contributed by atoms with Crippen molar-refractivity contribution in [1.29, 1.82) is 0 Å². The molecule has 5 rings (SSSR count). The van der Waals surface area contributed by atoms with Gasteiger partial charge in [0, 0.05) is 42.2 Å². The highest BCUT2D eigenvalue weighted by atomic mass is 16.5. The zero-order valence-corrected chi connectivity index (χ0v) is 17.5. The predicted molar refractivity (Wildman–Crippen MR) is 121 cm³/mol. The van der Waals surface area contributed by atoms with Crippen molar-refractivity contribution < 1.29 is 9.53 Å². The van der Waals surface area contributed by atoms with Gasteiger partial charge in [-0.2, -0.15) is 0 Å². The van der Waals surface area contributed by atoms with Crippen LogP contribution in [0.2, 0.25) is 0 Å². The Labute approximate surface area is 177 Å². The summed E-state index contributed by atoms with van der Waals surface area (Å²) in [5.74, 6) is 1.60. The van der Waals surface area contributed by atoms with Crippen LogP contribution in [-0.4, -0.2) is 36.0 Å². The van der Waals surface area contributed by atoms with E-state index in [1.165, 1.54) is 27.8 Å². The maximum absolute atomic E-state index is 13.0. The van der Waals surface area contributed by atoms with E-state index < -0.39 is 0 Å². The molecule has 154 valence electrons. The Morgan fingerprint density at radius 1 is 1.17 bits per heavy atom. The Balaban J connectivity index is 1.24. The highest BCUT2D eigenvalue weighted by Crippen LogP contribution is 2.35. The number of hydrogen-bond acceptors (Lipinski definition) is 2. The lowest BCUT2D eigenvalue weighted by Crippen LogP contribution is -2.36. The summed E-state index contributed by atoms with van der Waals surface area (Å²) >= 11 is 0. The average Bonchev–Trinajstić information content (AvgIpc) is 3.16. The minimum absolute atomic E-state index is 0.299. The van der Waals surface area contributed by atoms with Gasteiger partial charge in [0.1, 0.15) is 5.75 Å². The van der Waals surface area contributed by atoms with Crippen molar-refractivity contribution in [3.63, 3.8) is 0 Å². The third kappa shape index (κ3) is 3.62. The third-order valence-electron chi connectivity index (χ3n) is 6.67. The van der Waals surface area contributed by atoms with Gasteiger partial charge >= 0.3 is 0 Å². The summed E-state index contributed by atoms with van der Waals surface area (Å²) in [4.78, 5) is 18.6. The maximum Gasteiger partial charge on any atom is 0.223 e. The first-order valence-corrected chi connectivity index (χ1v) is 10.9. The number of benzene rings is 2. The SMILES string of the molecule is COc1ccc2c3c([nH]c2c1)CCC(CC(=O)N1CC=C(c2ccccc2)CC1)C3. The Morgan fingerprint density at radius 2 is 2.03 bits per heavy atom. The topological polar surface area (TPSA) is 45.3 Å². The van der Waals surface area contributed by atoms with E-state index in [9.17, 15) is 4.79 Å². The summed E-state index contributed by atoms with van der Waals surface area (Å²) in [6, 6.07) is 16.7. The van der Waals surface area contributed by atoms with Gasteiger partial charge in [-0.05, 0) is 60.4 Å². The molecule has 0 saturated heterocycles. The molecule has 2 aliphatic rings. The second-order valence-corrected chi connectivity index (χ2v) is 8.49. The monoisotopic (exact) mass is 400 g/mol. The molecule has 2 aromatic carbocycles. The van der Waals surface area contributed by atoms with Gasteiger partial charge in [-0.1, -0.05) is 36.4 Å². The lowest BCUT2D eigenvalue weighted by Gasteiger charge is -2.29. The van der Waals surface area contributed by atoms with Crippen LogP contribution in [0.15, 0.2) is 54.6 Å². The molecule has 0 spiro atoms. The van der Waals surface area contributed by atoms with E-state index >= 15 is 0 Å². The molecule has 0 radical (unpaired) electrons. The van der Waals surface area contributed by atoms with Crippen LogP contribution in [0.25, 0.3) is 16.5 Å². The number of methoxy groups -OCH3 is 1. The van der Waals surface area contributed by atoms with Crippen molar-refractivity contribution in [3.8, 4) is 5.75 Å². The first-order valence-electron chi connectivity index (χ1n) is 10.9. The molecule has 0 saturated carbocycles. The smallest absolute Gasteiger partial charge is 0.223 e. The van der Waals surface area contributed by atoms with Crippen molar-refractivity contribution in [2.75, 3.05) is 20.2 Å². The summed E-state index contributed by atoms with van der Waals surface area (Å²) in [6.07, 6.45) is 6.88. The molecule has 2 heterocycles. The maximum atomic E-state index is 13.0. The summed E-state index contributed by atoms with van der Waals surface area (Å²) < 4.78 is 5.36. The van der Waals surface area contributed by atoms with Crippen molar-refractivity contribution >= 4 is 22.4 Å². The second kappa shape index (κ2) is 8.02. The molecule has 1 aliphatic carbocycles. The van der Waals surface area contributed by atoms with Gasteiger partial charge < -0.3 is 14.6 Å². The number of aryl methyl sites for hydroxylation is 1. The van der Waals surface area contributed by atoms with Crippen molar-refractivity contribution in [1.82, 2.24) is 9.88 Å². The Morgan fingerprint density at radius 3 is 2.80 bits per heavy atom. The number of carbonyl (C=O) groups excluding carboxylic acids is 1. The minimum Gasteiger partial charge on any atom is -0.497 e. The quantitative estimate of drug-likeness (QED) is 0.671. The molecule has 4 nitrogen and oxygen atoms in total. The highest BCUT2D eigenvalue weighted by molar-refractivity contribution is 5.86. The van der Waals surface area contributed by atoms with Gasteiger partial charge in [0.2, 0.25) is 5.91 Å². The second-order valence-electron chi connectivity index (χ2n) is 8.49. The number of hydrogen-bond donors (Lipinski definition) is 1. The van der Waals surface area contributed by atoms with Crippen molar-refractivity contribution in [3.05, 3.63) is 71.4 Å². The predicted octanol–water partition coefficient (Wildman–Crippen LogP) is 4.99. The standard InChI is InChI=1S/C26H28N2O2/c1-30-21-8-9-22-23-15-18(7-10-24(23)27-25(22)17-21)16-26(29)28-13-11-20(12-14-28)19-5-3-2-4-6-19/h2-6,8-9,11,17-18,27H,7,10,12-16H2,1H3. The Kier molecular flexibility index (Phi) is 5.07. The van der Waals surface area contributed by atoms with Gasteiger partial charge in [0.25, 0.3) is 0 Å². The number of nitrogens with one attached hydrogen (secondary N) is 1. The van der Waals surface area contributed by atoms with Crippen LogP contribution in [0.4, 0.5) is 0 Å². The van der Waals surface area contributed by atoms with Crippen LogP contribution in [-0.2, 0) is 17.6 Å². The summed E-state index contributed by atoms with van der Waals surface area (Å²) in [7, 11) is 1.70. The fourth-order valence-electron chi connectivity index (χ4n) is 4.96. The van der Waals surface area contributed by atoms with E-state index in [4.69, 9.17) is 4.74 Å². The number of nitrogens with zero attached hydrogens (tertiary/aromatic N) is 1. The van der Waals surface area contributed by atoms with Crippen LogP contribution in [0, 0.1) is 5.92 Å². The van der Waals surface area contributed by atoms with E-state index in [1.807, 2.05) is 17.0 Å². The molecule has 0 fully saturated rings. The molecule has 1 atom stereocenters. The molecule has 1 aliphatic heterocycles. The first-order chi connectivity index (χ1) is 14.7. The fourth-order valence-corrected chi connectivity index (χ4v) is 4.96. The molecule has 1 aromatic heterocycles. The van der Waals surface area contributed by atoms with E-state index in [-0.39, 0.29) is 0 Å². The molecular formula is C26H28N2O2. The van der Waals surface area contributed by atoms with Crippen molar-refractivity contribution in [2.45, 2.75) is 32.1 Å². The van der Waals surface area contributed by atoms with E-state index in [2.05, 4.69) is 47.5 Å². The number of carbonyl (C=O) groups is 1. The normalized spacial score (nSPS) is 18.8. The van der Waals surface area contributed by atoms with Gasteiger partial charge in [-0.15, -0.1) is 0 Å². The van der Waals surface area contributed by atoms with E-state index in [1.54, 1.807) is 7.11 Å². The fraction of sp³-hybridized carbons (Fsp3) is 0.346. The Bertz CT molecular complexity index is 1100. The largest absolute Gasteiger partial charge is 0.497 e. The molecule has 4 heteroatoms. The molecule has 1 N–H and O–H groups in total. The number of amides is 1. The van der Waals surface area contributed by atoms with Gasteiger partial charge in [0.05, 0.1) is 7.11 Å². The lowest BCUT2D eigenvalue weighted by atomic mass is 9.84. The molecule has 3 aromatic rings. The molecule has 1 unspecified atom stereocenters. The minimum atomic E-state index is 0.299.